The molecule has 0 amide bonds. The van der Waals surface area contributed by atoms with Gasteiger partial charge in [-0.3, -0.25) is 0 Å². The van der Waals surface area contributed by atoms with Gasteiger partial charge in [-0.1, -0.05) is 12.7 Å². The smallest absolute Gasteiger partial charge is 0.316 e. The summed E-state index contributed by atoms with van der Waals surface area (Å²) in [6.45, 7) is 3.77. The van der Waals surface area contributed by atoms with E-state index in [0.717, 1.165) is 6.08 Å². The standard InChI is InChI=1S/C7H10F3N/c1-6(5-11-2)3-4-7(8,9)10/h3-4,11H,1,5H2,2H3/b4-3+. The van der Waals surface area contributed by atoms with Gasteiger partial charge in [0.05, 0.1) is 0 Å². The van der Waals surface area contributed by atoms with E-state index in [2.05, 4.69) is 11.9 Å². The van der Waals surface area contributed by atoms with E-state index in [1.54, 1.807) is 7.05 Å². The highest BCUT2D eigenvalue weighted by Gasteiger charge is 2.21. The molecule has 0 aromatic heterocycles. The van der Waals surface area contributed by atoms with Gasteiger partial charge in [-0.15, -0.1) is 0 Å². The minimum absolute atomic E-state index is 0.173. The van der Waals surface area contributed by atoms with Crippen molar-refractivity contribution in [3.63, 3.8) is 0 Å². The van der Waals surface area contributed by atoms with E-state index in [1.165, 1.54) is 0 Å². The second-order valence-electron chi connectivity index (χ2n) is 2.06. The zero-order chi connectivity index (χ0) is 8.91. The second kappa shape index (κ2) is 4.18. The Morgan fingerprint density at radius 1 is 1.55 bits per heavy atom. The third-order valence-electron chi connectivity index (χ3n) is 0.912. The summed E-state index contributed by atoms with van der Waals surface area (Å²) in [6, 6.07) is 0. The number of rotatable bonds is 3. The van der Waals surface area contributed by atoms with Crippen LogP contribution in [0.2, 0.25) is 0 Å². The van der Waals surface area contributed by atoms with Crippen LogP contribution in [0.4, 0.5) is 13.2 Å². The molecular formula is C7H10F3N. The summed E-state index contributed by atoms with van der Waals surface area (Å²) in [5.41, 5.74) is 0.407. The first kappa shape index (κ1) is 10.2. The molecule has 11 heavy (non-hydrogen) atoms. The van der Waals surface area contributed by atoms with E-state index in [9.17, 15) is 13.2 Å². The summed E-state index contributed by atoms with van der Waals surface area (Å²) in [7, 11) is 1.65. The van der Waals surface area contributed by atoms with Crippen LogP contribution in [0.1, 0.15) is 0 Å². The number of hydrogen-bond acceptors (Lipinski definition) is 1. The molecule has 0 radical (unpaired) electrons. The Morgan fingerprint density at radius 2 is 2.09 bits per heavy atom. The molecule has 4 heteroatoms. The largest absolute Gasteiger partial charge is 0.409 e. The van der Waals surface area contributed by atoms with Crippen molar-refractivity contribution < 1.29 is 13.2 Å². The van der Waals surface area contributed by atoms with Gasteiger partial charge < -0.3 is 5.32 Å². The minimum Gasteiger partial charge on any atom is -0.316 e. The Morgan fingerprint density at radius 3 is 2.45 bits per heavy atom. The molecule has 0 unspecified atom stereocenters. The van der Waals surface area contributed by atoms with E-state index < -0.39 is 6.18 Å². The average molecular weight is 165 g/mol. The highest BCUT2D eigenvalue weighted by molar-refractivity contribution is 5.17. The highest BCUT2D eigenvalue weighted by atomic mass is 19.4. The van der Waals surface area contributed by atoms with Gasteiger partial charge in [-0.05, 0) is 12.6 Å². The van der Waals surface area contributed by atoms with Gasteiger partial charge in [0.1, 0.15) is 0 Å². The molecule has 0 spiro atoms. The molecule has 0 aromatic rings. The predicted octanol–water partition coefficient (Wildman–Crippen LogP) is 1.88. The van der Waals surface area contributed by atoms with E-state index in [0.29, 0.717) is 12.1 Å². The van der Waals surface area contributed by atoms with Gasteiger partial charge in [0, 0.05) is 12.6 Å². The van der Waals surface area contributed by atoms with Crippen LogP contribution in [0.3, 0.4) is 0 Å². The lowest BCUT2D eigenvalue weighted by Crippen LogP contribution is -2.09. The SMILES string of the molecule is C=C(/C=C/C(F)(F)F)CNC. The Bertz CT molecular complexity index is 158. The topological polar surface area (TPSA) is 12.0 Å². The molecule has 0 aliphatic heterocycles. The molecule has 0 rings (SSSR count). The van der Waals surface area contributed by atoms with Gasteiger partial charge in [-0.2, -0.15) is 13.2 Å². The number of likely N-dealkylation sites (N-methyl/N-ethyl adjacent to an activating group) is 1. The molecule has 0 aliphatic rings. The normalized spacial score (nSPS) is 12.4. The molecular weight excluding hydrogens is 155 g/mol. The first-order valence-electron chi connectivity index (χ1n) is 3.04. The van der Waals surface area contributed by atoms with Crippen molar-refractivity contribution in [1.82, 2.24) is 5.32 Å². The predicted molar refractivity (Wildman–Crippen MR) is 38.3 cm³/mol. The maximum Gasteiger partial charge on any atom is 0.409 e. The van der Waals surface area contributed by atoms with Gasteiger partial charge >= 0.3 is 6.18 Å². The van der Waals surface area contributed by atoms with Crippen LogP contribution in [0.5, 0.6) is 0 Å². The molecule has 0 aromatic carbocycles. The number of allylic oxidation sites excluding steroid dienone is 1. The average Bonchev–Trinajstić information content (AvgIpc) is 1.83. The van der Waals surface area contributed by atoms with Crippen molar-refractivity contribution >= 4 is 0 Å². The lowest BCUT2D eigenvalue weighted by atomic mass is 10.3. The first-order chi connectivity index (χ1) is 4.95. The van der Waals surface area contributed by atoms with Crippen LogP contribution < -0.4 is 5.32 Å². The fraction of sp³-hybridized carbons (Fsp3) is 0.429. The third kappa shape index (κ3) is 7.12. The minimum atomic E-state index is -4.24. The van der Waals surface area contributed by atoms with Crippen LogP contribution >= 0.6 is 0 Å². The number of halogens is 3. The Hall–Kier alpha value is -0.770. The molecule has 1 N–H and O–H groups in total. The second-order valence-corrected chi connectivity index (χ2v) is 2.06. The summed E-state index contributed by atoms with van der Waals surface area (Å²) < 4.78 is 34.5. The van der Waals surface area contributed by atoms with Crippen LogP contribution in [-0.4, -0.2) is 19.8 Å². The van der Waals surface area contributed by atoms with Gasteiger partial charge in [0.25, 0.3) is 0 Å². The first-order valence-corrected chi connectivity index (χ1v) is 3.04. The number of hydrogen-bond donors (Lipinski definition) is 1. The molecule has 0 atom stereocenters. The molecule has 0 saturated heterocycles. The Labute approximate surface area is 63.6 Å². The van der Waals surface area contributed by atoms with Crippen molar-refractivity contribution in [2.75, 3.05) is 13.6 Å². The fourth-order valence-electron chi connectivity index (χ4n) is 0.498. The zero-order valence-corrected chi connectivity index (χ0v) is 6.20. The van der Waals surface area contributed by atoms with E-state index in [4.69, 9.17) is 0 Å². The summed E-state index contributed by atoms with van der Waals surface area (Å²) in [5.74, 6) is 0. The van der Waals surface area contributed by atoms with Gasteiger partial charge in [0.15, 0.2) is 0 Å². The van der Waals surface area contributed by atoms with Crippen molar-refractivity contribution in [3.8, 4) is 0 Å². The Balaban J connectivity index is 3.83. The molecule has 0 heterocycles. The molecule has 0 fully saturated rings. The maximum absolute atomic E-state index is 11.5. The van der Waals surface area contributed by atoms with Crippen molar-refractivity contribution in [1.29, 1.82) is 0 Å². The Kier molecular flexibility index (Phi) is 3.89. The van der Waals surface area contributed by atoms with Gasteiger partial charge in [-0.25, -0.2) is 0 Å². The van der Waals surface area contributed by atoms with Crippen LogP contribution in [-0.2, 0) is 0 Å². The number of nitrogens with one attached hydrogen (secondary N) is 1. The number of alkyl halides is 3. The van der Waals surface area contributed by atoms with Crippen LogP contribution in [0.15, 0.2) is 24.3 Å². The van der Waals surface area contributed by atoms with Crippen molar-refractivity contribution in [2.45, 2.75) is 6.18 Å². The van der Waals surface area contributed by atoms with Crippen LogP contribution in [0.25, 0.3) is 0 Å². The summed E-state index contributed by atoms with van der Waals surface area (Å²) in [4.78, 5) is 0. The van der Waals surface area contributed by atoms with Gasteiger partial charge in [0.2, 0.25) is 0 Å². The van der Waals surface area contributed by atoms with Crippen LogP contribution in [0, 0.1) is 0 Å². The zero-order valence-electron chi connectivity index (χ0n) is 6.20. The van der Waals surface area contributed by atoms with E-state index >= 15 is 0 Å². The van der Waals surface area contributed by atoms with Crippen molar-refractivity contribution in [3.05, 3.63) is 24.3 Å². The molecule has 0 aliphatic carbocycles. The van der Waals surface area contributed by atoms with Crippen molar-refractivity contribution in [2.24, 2.45) is 0 Å². The fourth-order valence-corrected chi connectivity index (χ4v) is 0.498. The lowest BCUT2D eigenvalue weighted by Gasteiger charge is -1.99. The maximum atomic E-state index is 11.5. The molecule has 0 bridgehead atoms. The monoisotopic (exact) mass is 165 g/mol. The summed E-state index contributed by atoms with van der Waals surface area (Å²) in [5, 5.41) is 2.69. The third-order valence-corrected chi connectivity index (χ3v) is 0.912. The molecule has 0 saturated carbocycles. The quantitative estimate of drug-likeness (QED) is 0.629. The summed E-state index contributed by atoms with van der Waals surface area (Å²) in [6.07, 6.45) is -3.11. The molecule has 1 nitrogen and oxygen atoms in total. The van der Waals surface area contributed by atoms with E-state index in [-0.39, 0.29) is 6.08 Å². The van der Waals surface area contributed by atoms with E-state index in [1.807, 2.05) is 0 Å². The lowest BCUT2D eigenvalue weighted by molar-refractivity contribution is -0.0798. The summed E-state index contributed by atoms with van der Waals surface area (Å²) >= 11 is 0. The highest BCUT2D eigenvalue weighted by Crippen LogP contribution is 2.16. The molecule has 64 valence electrons.